The lowest BCUT2D eigenvalue weighted by Crippen LogP contribution is -2.39. The number of anilines is 2. The molecule has 3 aromatic rings. The number of rotatable bonds is 5. The number of nitrogens with one attached hydrogen (secondary N) is 1. The number of nitrogens with two attached hydrogens (primary N) is 2. The molecular weight excluding hydrogens is 467 g/mol. The van der Waals surface area contributed by atoms with Crippen molar-refractivity contribution in [1.29, 1.82) is 0 Å². The second-order valence-corrected chi connectivity index (χ2v) is 10.9. The van der Waals surface area contributed by atoms with Crippen LogP contribution in [-0.2, 0) is 17.6 Å². The number of nitrogen functional groups attached to an aromatic ring is 1. The molecule has 1 amide bonds. The molecule has 1 saturated heterocycles. The summed E-state index contributed by atoms with van der Waals surface area (Å²) in [5.74, 6) is 0.276. The minimum atomic E-state index is -0.424. The highest BCUT2D eigenvalue weighted by Crippen LogP contribution is 2.34. The normalized spacial score (nSPS) is 24.1. The summed E-state index contributed by atoms with van der Waals surface area (Å²) in [6, 6.07) is 5.50. The van der Waals surface area contributed by atoms with E-state index >= 15 is 0 Å². The van der Waals surface area contributed by atoms with Crippen molar-refractivity contribution in [2.75, 3.05) is 23.7 Å². The number of pyridine rings is 2. The highest BCUT2D eigenvalue weighted by atomic mass is 32.1. The Morgan fingerprint density at radius 2 is 2.09 bits per heavy atom. The van der Waals surface area contributed by atoms with Gasteiger partial charge in [0.05, 0.1) is 29.6 Å². The van der Waals surface area contributed by atoms with Crippen molar-refractivity contribution in [2.24, 2.45) is 5.73 Å². The van der Waals surface area contributed by atoms with Gasteiger partial charge in [0.1, 0.15) is 21.3 Å². The lowest BCUT2D eigenvalue weighted by Gasteiger charge is -2.26. The van der Waals surface area contributed by atoms with Gasteiger partial charge in [0.25, 0.3) is 5.91 Å². The number of halogens is 1. The van der Waals surface area contributed by atoms with Gasteiger partial charge in [-0.25, -0.2) is 14.4 Å². The van der Waals surface area contributed by atoms with Crippen molar-refractivity contribution in [3.05, 3.63) is 45.8 Å². The molecule has 3 unspecified atom stereocenters. The van der Waals surface area contributed by atoms with Gasteiger partial charge in [-0.05, 0) is 56.7 Å². The number of hydrogen-bond acceptors (Lipinski definition) is 8. The van der Waals surface area contributed by atoms with Crippen LogP contribution in [0.3, 0.4) is 0 Å². The van der Waals surface area contributed by atoms with Gasteiger partial charge < -0.3 is 26.4 Å². The van der Waals surface area contributed by atoms with Gasteiger partial charge in [-0.3, -0.25) is 4.79 Å². The van der Waals surface area contributed by atoms with Gasteiger partial charge in [0.2, 0.25) is 0 Å². The third-order valence-electron chi connectivity index (χ3n) is 7.17. The maximum absolute atomic E-state index is 13.9. The predicted molar refractivity (Wildman–Crippen MR) is 134 cm³/mol. The molecular formula is C25H29FN6O2S. The topological polar surface area (TPSA) is 119 Å². The van der Waals surface area contributed by atoms with Crippen LogP contribution < -0.4 is 21.7 Å². The van der Waals surface area contributed by atoms with Crippen molar-refractivity contribution >= 4 is 39.0 Å². The highest BCUT2D eigenvalue weighted by molar-refractivity contribution is 7.21. The molecule has 0 spiro atoms. The Morgan fingerprint density at radius 1 is 1.26 bits per heavy atom. The largest absolute Gasteiger partial charge is 0.397 e. The third-order valence-corrected chi connectivity index (χ3v) is 8.28. The van der Waals surface area contributed by atoms with Gasteiger partial charge in [0.15, 0.2) is 0 Å². The van der Waals surface area contributed by atoms with Crippen molar-refractivity contribution in [1.82, 2.24) is 15.3 Å². The minimum Gasteiger partial charge on any atom is -0.397 e. The SMILES string of the molecule is Cc1nc2sc(C(=O)NC3CCc4nc(N5CC(N)C(OC6CC6)C5)ccc4C3)c(N)c2cc1F. The summed E-state index contributed by atoms with van der Waals surface area (Å²) < 4.78 is 20.0. The fourth-order valence-electron chi connectivity index (χ4n) is 5.00. The summed E-state index contributed by atoms with van der Waals surface area (Å²) in [5, 5.41) is 3.60. The summed E-state index contributed by atoms with van der Waals surface area (Å²) >= 11 is 1.20. The van der Waals surface area contributed by atoms with Crippen LogP contribution in [0.15, 0.2) is 18.2 Å². The maximum atomic E-state index is 13.9. The molecule has 35 heavy (non-hydrogen) atoms. The van der Waals surface area contributed by atoms with Crippen LogP contribution >= 0.6 is 11.3 Å². The predicted octanol–water partition coefficient (Wildman–Crippen LogP) is 2.70. The van der Waals surface area contributed by atoms with E-state index in [9.17, 15) is 9.18 Å². The number of carbonyl (C=O) groups is 1. The number of fused-ring (bicyclic) bond motifs is 2. The Kier molecular flexibility index (Phi) is 5.62. The maximum Gasteiger partial charge on any atom is 0.263 e. The molecule has 3 aliphatic rings. The quantitative estimate of drug-likeness (QED) is 0.497. The van der Waals surface area contributed by atoms with E-state index in [0.29, 0.717) is 33.3 Å². The van der Waals surface area contributed by atoms with Crippen LogP contribution in [0.25, 0.3) is 10.2 Å². The molecule has 184 valence electrons. The third kappa shape index (κ3) is 4.34. The molecule has 10 heteroatoms. The molecule has 0 radical (unpaired) electrons. The van der Waals surface area contributed by atoms with E-state index in [1.807, 2.05) is 6.07 Å². The molecule has 5 N–H and O–H groups in total. The molecule has 2 fully saturated rings. The number of amides is 1. The standard InChI is InChI=1S/C25H29FN6O2S/c1-12-17(26)9-16-22(28)23(35-25(16)29-12)24(33)30-14-3-6-19-13(8-14)2-7-21(31-19)32-10-18(27)20(11-32)34-15-4-5-15/h2,7,9,14-15,18,20H,3-6,8,10-11,27-28H2,1H3,(H,30,33). The molecule has 0 aromatic carbocycles. The smallest absolute Gasteiger partial charge is 0.263 e. The Morgan fingerprint density at radius 3 is 2.89 bits per heavy atom. The molecule has 1 aliphatic heterocycles. The number of thiophene rings is 1. The van der Waals surface area contributed by atoms with Crippen LogP contribution in [-0.4, -0.2) is 53.3 Å². The second kappa shape index (κ2) is 8.69. The Bertz CT molecular complexity index is 1310. The summed E-state index contributed by atoms with van der Waals surface area (Å²) in [6.45, 7) is 3.12. The van der Waals surface area contributed by atoms with Gasteiger partial charge in [0, 0.05) is 30.2 Å². The van der Waals surface area contributed by atoms with E-state index in [1.54, 1.807) is 6.92 Å². The molecule has 4 heterocycles. The molecule has 1 saturated carbocycles. The van der Waals surface area contributed by atoms with E-state index in [1.165, 1.54) is 17.4 Å². The first kappa shape index (κ1) is 22.6. The van der Waals surface area contributed by atoms with Crippen molar-refractivity contribution in [3.63, 3.8) is 0 Å². The second-order valence-electron chi connectivity index (χ2n) is 9.88. The van der Waals surface area contributed by atoms with Crippen LogP contribution in [0, 0.1) is 12.7 Å². The highest BCUT2D eigenvalue weighted by Gasteiger charge is 2.36. The Balaban J connectivity index is 1.13. The first-order chi connectivity index (χ1) is 16.9. The lowest BCUT2D eigenvalue weighted by atomic mass is 9.91. The minimum absolute atomic E-state index is 0.00460. The van der Waals surface area contributed by atoms with Crippen molar-refractivity contribution < 1.29 is 13.9 Å². The van der Waals surface area contributed by atoms with Crippen LogP contribution in [0.2, 0.25) is 0 Å². The molecule has 0 bridgehead atoms. The van der Waals surface area contributed by atoms with Crippen molar-refractivity contribution in [3.8, 4) is 0 Å². The zero-order valence-corrected chi connectivity index (χ0v) is 20.4. The number of hydrogen-bond donors (Lipinski definition) is 3. The summed E-state index contributed by atoms with van der Waals surface area (Å²) in [6.07, 6.45) is 5.02. The van der Waals surface area contributed by atoms with Crippen LogP contribution in [0.1, 0.15) is 45.9 Å². The van der Waals surface area contributed by atoms with E-state index in [4.69, 9.17) is 21.2 Å². The number of nitrogens with zero attached hydrogens (tertiary/aromatic N) is 3. The molecule has 3 atom stereocenters. The fourth-order valence-corrected chi connectivity index (χ4v) is 6.03. The summed E-state index contributed by atoms with van der Waals surface area (Å²) in [7, 11) is 0. The molecule has 6 rings (SSSR count). The van der Waals surface area contributed by atoms with E-state index in [-0.39, 0.29) is 29.8 Å². The zero-order valence-electron chi connectivity index (χ0n) is 19.6. The van der Waals surface area contributed by atoms with Gasteiger partial charge >= 0.3 is 0 Å². The van der Waals surface area contributed by atoms with Gasteiger partial charge in [-0.1, -0.05) is 6.07 Å². The van der Waals surface area contributed by atoms with Crippen LogP contribution in [0.5, 0.6) is 0 Å². The average molecular weight is 497 g/mol. The van der Waals surface area contributed by atoms with Gasteiger partial charge in [-0.2, -0.15) is 0 Å². The first-order valence-corrected chi connectivity index (χ1v) is 13.0. The summed E-state index contributed by atoms with van der Waals surface area (Å²) in [4.78, 5) is 25.3. The number of carbonyl (C=O) groups excluding carboxylic acids is 1. The number of ether oxygens (including phenoxy) is 1. The average Bonchev–Trinajstić information content (AvgIpc) is 3.51. The Labute approximate surface area is 206 Å². The Hall–Kier alpha value is -2.82. The monoisotopic (exact) mass is 496 g/mol. The first-order valence-electron chi connectivity index (χ1n) is 12.2. The van der Waals surface area contributed by atoms with E-state index in [2.05, 4.69) is 21.3 Å². The number of aryl methyl sites for hydroxylation is 2. The fraction of sp³-hybridized carbons (Fsp3) is 0.480. The zero-order chi connectivity index (χ0) is 24.3. The van der Waals surface area contributed by atoms with E-state index < -0.39 is 5.82 Å². The summed E-state index contributed by atoms with van der Waals surface area (Å²) in [5.41, 5.74) is 15.3. The molecule has 3 aromatic heterocycles. The lowest BCUT2D eigenvalue weighted by molar-refractivity contribution is 0.0449. The molecule has 2 aliphatic carbocycles. The van der Waals surface area contributed by atoms with Crippen LogP contribution in [0.4, 0.5) is 15.9 Å². The van der Waals surface area contributed by atoms with Gasteiger partial charge in [-0.15, -0.1) is 11.3 Å². The molecule has 8 nitrogen and oxygen atoms in total. The van der Waals surface area contributed by atoms with E-state index in [0.717, 1.165) is 55.8 Å². The number of aromatic nitrogens is 2. The van der Waals surface area contributed by atoms with Crippen molar-refractivity contribution in [2.45, 2.75) is 63.3 Å².